The third kappa shape index (κ3) is 3.03. The van der Waals surface area contributed by atoms with E-state index in [-0.39, 0.29) is 5.91 Å². The van der Waals surface area contributed by atoms with Gasteiger partial charge in [-0.25, -0.2) is 4.39 Å². The van der Waals surface area contributed by atoms with Crippen LogP contribution in [0.2, 0.25) is 0 Å². The van der Waals surface area contributed by atoms with E-state index in [0.29, 0.717) is 11.1 Å². The van der Waals surface area contributed by atoms with Gasteiger partial charge in [-0.05, 0) is 35.6 Å². The molecule has 104 valence electrons. The van der Waals surface area contributed by atoms with Crippen LogP contribution in [-0.2, 0) is 4.79 Å². The Balaban J connectivity index is 2.22. The van der Waals surface area contributed by atoms with Crippen molar-refractivity contribution >= 4 is 23.2 Å². The lowest BCUT2D eigenvalue weighted by Gasteiger charge is -2.15. The topological polar surface area (TPSA) is 72.2 Å². The minimum Gasteiger partial charge on any atom is -0.368 e. The molecule has 1 atom stereocenters. The van der Waals surface area contributed by atoms with Crippen LogP contribution < -0.4 is 11.1 Å². The van der Waals surface area contributed by atoms with Crippen molar-refractivity contribution in [3.63, 3.8) is 0 Å². The lowest BCUT2D eigenvalue weighted by Crippen LogP contribution is -2.37. The molecule has 0 radical (unpaired) electrons. The number of thiophene rings is 1. The number of hydrogen-bond donors (Lipinski definition) is 2. The van der Waals surface area contributed by atoms with Gasteiger partial charge in [0, 0.05) is 5.38 Å². The van der Waals surface area contributed by atoms with E-state index in [2.05, 4.69) is 5.32 Å². The molecule has 0 saturated heterocycles. The molecule has 1 aromatic heterocycles. The van der Waals surface area contributed by atoms with Crippen LogP contribution in [0, 0.1) is 12.7 Å². The summed E-state index contributed by atoms with van der Waals surface area (Å²) in [7, 11) is 0. The van der Waals surface area contributed by atoms with Crippen LogP contribution in [0.1, 0.15) is 27.5 Å². The number of benzene rings is 1. The maximum Gasteiger partial charge on any atom is 0.253 e. The molecule has 0 spiro atoms. The zero-order valence-electron chi connectivity index (χ0n) is 10.7. The quantitative estimate of drug-likeness (QED) is 0.906. The second-order valence-electron chi connectivity index (χ2n) is 4.33. The summed E-state index contributed by atoms with van der Waals surface area (Å²) in [4.78, 5) is 23.6. The van der Waals surface area contributed by atoms with Gasteiger partial charge in [-0.15, -0.1) is 0 Å². The first-order chi connectivity index (χ1) is 9.49. The van der Waals surface area contributed by atoms with Gasteiger partial charge < -0.3 is 11.1 Å². The molecule has 4 nitrogen and oxygen atoms in total. The van der Waals surface area contributed by atoms with Crippen molar-refractivity contribution in [1.29, 1.82) is 0 Å². The van der Waals surface area contributed by atoms with Gasteiger partial charge in [0.1, 0.15) is 11.9 Å². The van der Waals surface area contributed by atoms with E-state index in [1.165, 1.54) is 35.6 Å². The third-order valence-corrected chi connectivity index (χ3v) is 3.72. The number of amides is 2. The van der Waals surface area contributed by atoms with Gasteiger partial charge >= 0.3 is 0 Å². The summed E-state index contributed by atoms with van der Waals surface area (Å²) in [6, 6.07) is 4.29. The van der Waals surface area contributed by atoms with Crippen LogP contribution in [0.15, 0.2) is 35.0 Å². The molecule has 0 fully saturated rings. The number of halogens is 1. The highest BCUT2D eigenvalue weighted by atomic mass is 32.1. The van der Waals surface area contributed by atoms with Crippen molar-refractivity contribution in [2.45, 2.75) is 13.0 Å². The highest BCUT2D eigenvalue weighted by molar-refractivity contribution is 7.08. The number of hydrogen-bond acceptors (Lipinski definition) is 3. The van der Waals surface area contributed by atoms with E-state index >= 15 is 0 Å². The van der Waals surface area contributed by atoms with Crippen LogP contribution >= 0.6 is 11.3 Å². The molecule has 2 rings (SSSR count). The summed E-state index contributed by atoms with van der Waals surface area (Å²) in [5.74, 6) is -1.49. The SMILES string of the molecule is Cc1cscc1C(=O)NC(C(N)=O)c1ccc(F)cc1. The van der Waals surface area contributed by atoms with Gasteiger partial charge in [0.05, 0.1) is 5.56 Å². The lowest BCUT2D eigenvalue weighted by atomic mass is 10.1. The monoisotopic (exact) mass is 292 g/mol. The normalized spacial score (nSPS) is 11.9. The molecule has 3 N–H and O–H groups in total. The van der Waals surface area contributed by atoms with Crippen LogP contribution in [0.3, 0.4) is 0 Å². The maximum atomic E-state index is 12.9. The maximum absolute atomic E-state index is 12.9. The summed E-state index contributed by atoms with van der Waals surface area (Å²) in [6.07, 6.45) is 0. The molecule has 1 unspecified atom stereocenters. The Labute approximate surface area is 119 Å². The highest BCUT2D eigenvalue weighted by Crippen LogP contribution is 2.17. The molecule has 0 aliphatic carbocycles. The van der Waals surface area contributed by atoms with Crippen molar-refractivity contribution in [3.8, 4) is 0 Å². The van der Waals surface area contributed by atoms with Gasteiger partial charge in [-0.2, -0.15) is 11.3 Å². The summed E-state index contributed by atoms with van der Waals surface area (Å²) in [6.45, 7) is 1.81. The molecular weight excluding hydrogens is 279 g/mol. The number of carbonyl (C=O) groups is 2. The molecule has 20 heavy (non-hydrogen) atoms. The Hall–Kier alpha value is -2.21. The first-order valence-corrected chi connectivity index (χ1v) is 6.81. The Bertz CT molecular complexity index is 637. The Morgan fingerprint density at radius 1 is 1.25 bits per heavy atom. The van der Waals surface area contributed by atoms with Gasteiger partial charge in [-0.3, -0.25) is 9.59 Å². The molecule has 1 aromatic carbocycles. The number of carbonyl (C=O) groups excluding carboxylic acids is 2. The standard InChI is InChI=1S/C14H13FN2O2S/c1-8-6-20-7-11(8)14(19)17-12(13(16)18)9-2-4-10(15)5-3-9/h2-7,12H,1H3,(H2,16,18)(H,17,19). The van der Waals surface area contributed by atoms with E-state index in [0.717, 1.165) is 5.56 Å². The molecule has 0 aliphatic rings. The van der Waals surface area contributed by atoms with E-state index < -0.39 is 17.8 Å². The number of nitrogens with two attached hydrogens (primary N) is 1. The predicted octanol–water partition coefficient (Wildman–Crippen LogP) is 2.15. The minimum atomic E-state index is -0.984. The van der Waals surface area contributed by atoms with Gasteiger partial charge in [-0.1, -0.05) is 12.1 Å². The summed E-state index contributed by atoms with van der Waals surface area (Å²) in [5, 5.41) is 6.11. The molecule has 0 bridgehead atoms. The lowest BCUT2D eigenvalue weighted by molar-refractivity contribution is -0.120. The Morgan fingerprint density at radius 3 is 2.40 bits per heavy atom. The first-order valence-electron chi connectivity index (χ1n) is 5.87. The third-order valence-electron chi connectivity index (χ3n) is 2.86. The Morgan fingerprint density at radius 2 is 1.90 bits per heavy atom. The molecule has 1 heterocycles. The second-order valence-corrected chi connectivity index (χ2v) is 5.07. The molecule has 0 aliphatic heterocycles. The van der Waals surface area contributed by atoms with Crippen LogP contribution in [-0.4, -0.2) is 11.8 Å². The van der Waals surface area contributed by atoms with Crippen molar-refractivity contribution in [2.24, 2.45) is 5.73 Å². The van der Waals surface area contributed by atoms with Crippen LogP contribution in [0.5, 0.6) is 0 Å². The van der Waals surface area contributed by atoms with E-state index in [1.807, 2.05) is 12.3 Å². The summed E-state index contributed by atoms with van der Waals surface area (Å²) in [5.41, 5.74) is 7.08. The fourth-order valence-corrected chi connectivity index (χ4v) is 2.60. The molecular formula is C14H13FN2O2S. The molecule has 0 saturated carbocycles. The smallest absolute Gasteiger partial charge is 0.253 e. The number of nitrogens with one attached hydrogen (secondary N) is 1. The average Bonchev–Trinajstić information content (AvgIpc) is 2.83. The number of primary amides is 1. The average molecular weight is 292 g/mol. The van der Waals surface area contributed by atoms with Crippen LogP contribution in [0.4, 0.5) is 4.39 Å². The van der Waals surface area contributed by atoms with Gasteiger partial charge in [0.15, 0.2) is 0 Å². The molecule has 6 heteroatoms. The summed E-state index contributed by atoms with van der Waals surface area (Å²) < 4.78 is 12.9. The fraction of sp³-hybridized carbons (Fsp3) is 0.143. The van der Waals surface area contributed by atoms with Crippen LogP contribution in [0.25, 0.3) is 0 Å². The minimum absolute atomic E-state index is 0.378. The Kier molecular flexibility index (Phi) is 4.14. The van der Waals surface area contributed by atoms with Gasteiger partial charge in [0.2, 0.25) is 5.91 Å². The van der Waals surface area contributed by atoms with Crippen molar-refractivity contribution in [2.75, 3.05) is 0 Å². The number of aryl methyl sites for hydroxylation is 1. The molecule has 2 aromatic rings. The second kappa shape index (κ2) is 5.83. The van der Waals surface area contributed by atoms with Gasteiger partial charge in [0.25, 0.3) is 5.91 Å². The zero-order chi connectivity index (χ0) is 14.7. The van der Waals surface area contributed by atoms with Crippen molar-refractivity contribution in [3.05, 3.63) is 57.5 Å². The largest absolute Gasteiger partial charge is 0.368 e. The molecule has 2 amide bonds. The van der Waals surface area contributed by atoms with Crippen molar-refractivity contribution < 1.29 is 14.0 Å². The zero-order valence-corrected chi connectivity index (χ0v) is 11.5. The fourth-order valence-electron chi connectivity index (χ4n) is 1.78. The summed E-state index contributed by atoms with van der Waals surface area (Å²) >= 11 is 1.40. The predicted molar refractivity (Wildman–Crippen MR) is 74.9 cm³/mol. The number of rotatable bonds is 4. The highest BCUT2D eigenvalue weighted by Gasteiger charge is 2.22. The van der Waals surface area contributed by atoms with E-state index in [1.54, 1.807) is 5.38 Å². The first kappa shape index (κ1) is 14.2. The van der Waals surface area contributed by atoms with E-state index in [4.69, 9.17) is 5.73 Å². The van der Waals surface area contributed by atoms with Crippen molar-refractivity contribution in [1.82, 2.24) is 5.32 Å². The van der Waals surface area contributed by atoms with E-state index in [9.17, 15) is 14.0 Å².